The molecule has 0 heterocycles. The van der Waals surface area contributed by atoms with Crippen LogP contribution >= 0.6 is 0 Å². The van der Waals surface area contributed by atoms with Crippen LogP contribution in [0.25, 0.3) is 0 Å². The predicted octanol–water partition coefficient (Wildman–Crippen LogP) is 3.77. The fourth-order valence-corrected chi connectivity index (χ4v) is 3.18. The van der Waals surface area contributed by atoms with E-state index >= 15 is 0 Å². The number of carbonyl (C=O) groups is 1. The molecule has 2 aromatic rings. The highest BCUT2D eigenvalue weighted by molar-refractivity contribution is 5.94. The zero-order valence-electron chi connectivity index (χ0n) is 14.9. The summed E-state index contributed by atoms with van der Waals surface area (Å²) in [6.45, 7) is 2.32. The fourth-order valence-electron chi connectivity index (χ4n) is 3.18. The van der Waals surface area contributed by atoms with Crippen LogP contribution in [0.4, 0.5) is 0 Å². The lowest BCUT2D eigenvalue weighted by Gasteiger charge is -2.18. The van der Waals surface area contributed by atoms with Crippen molar-refractivity contribution in [3.05, 3.63) is 59.2 Å². The predicted molar refractivity (Wildman–Crippen MR) is 98.5 cm³/mol. The smallest absolute Gasteiger partial charge is 0.251 e. The molecule has 1 aliphatic rings. The Morgan fingerprint density at radius 3 is 2.56 bits per heavy atom. The zero-order valence-corrected chi connectivity index (χ0v) is 14.9. The van der Waals surface area contributed by atoms with Gasteiger partial charge in [-0.15, -0.1) is 0 Å². The number of para-hydroxylation sites is 2. The molecule has 1 amide bonds. The minimum atomic E-state index is -0.103. The minimum Gasteiger partial charge on any atom is -0.493 e. The molecule has 0 aliphatic heterocycles. The van der Waals surface area contributed by atoms with Gasteiger partial charge < -0.3 is 14.8 Å². The maximum absolute atomic E-state index is 12.5. The van der Waals surface area contributed by atoms with Crippen LogP contribution in [0.5, 0.6) is 11.5 Å². The average molecular weight is 339 g/mol. The number of hydrogen-bond donors (Lipinski definition) is 1. The van der Waals surface area contributed by atoms with Crippen molar-refractivity contribution in [3.8, 4) is 11.5 Å². The molecule has 1 N–H and O–H groups in total. The molecule has 1 atom stereocenters. The molecule has 3 rings (SSSR count). The van der Waals surface area contributed by atoms with Crippen LogP contribution in [0.1, 0.15) is 41.3 Å². The second kappa shape index (κ2) is 8.06. The first kappa shape index (κ1) is 17.3. The molecule has 0 saturated heterocycles. The number of carbonyl (C=O) groups excluding carboxylic acids is 1. The van der Waals surface area contributed by atoms with Gasteiger partial charge in [0.25, 0.3) is 5.91 Å². The van der Waals surface area contributed by atoms with Crippen molar-refractivity contribution < 1.29 is 14.3 Å². The van der Waals surface area contributed by atoms with Crippen molar-refractivity contribution in [1.82, 2.24) is 5.32 Å². The number of rotatable bonds is 6. The van der Waals surface area contributed by atoms with E-state index in [1.54, 1.807) is 7.11 Å². The van der Waals surface area contributed by atoms with Gasteiger partial charge in [-0.2, -0.15) is 0 Å². The Hall–Kier alpha value is -2.49. The molecule has 0 aromatic heterocycles. The van der Waals surface area contributed by atoms with Gasteiger partial charge in [-0.05, 0) is 68.0 Å². The van der Waals surface area contributed by atoms with Crippen LogP contribution in [0.3, 0.4) is 0 Å². The number of amides is 1. The third-order valence-electron chi connectivity index (χ3n) is 4.55. The van der Waals surface area contributed by atoms with E-state index in [1.165, 1.54) is 24.0 Å². The Balaban J connectivity index is 1.57. The van der Waals surface area contributed by atoms with E-state index in [4.69, 9.17) is 9.47 Å². The lowest BCUT2D eigenvalue weighted by molar-refractivity contribution is 0.0926. The first-order chi connectivity index (χ1) is 12.2. The number of nitrogens with one attached hydrogen (secondary N) is 1. The molecule has 0 spiro atoms. The molecule has 132 valence electrons. The van der Waals surface area contributed by atoms with Gasteiger partial charge in [0.15, 0.2) is 11.5 Å². The van der Waals surface area contributed by atoms with Crippen LogP contribution in [-0.2, 0) is 12.8 Å². The van der Waals surface area contributed by atoms with Crippen LogP contribution < -0.4 is 14.8 Å². The molecule has 0 bridgehead atoms. The molecule has 4 heteroatoms. The van der Waals surface area contributed by atoms with E-state index in [-0.39, 0.29) is 11.9 Å². The number of aryl methyl sites for hydroxylation is 2. The fraction of sp³-hybridized carbons (Fsp3) is 0.381. The Kier molecular flexibility index (Phi) is 5.59. The number of benzene rings is 2. The van der Waals surface area contributed by atoms with Gasteiger partial charge >= 0.3 is 0 Å². The minimum absolute atomic E-state index is 0.0514. The van der Waals surface area contributed by atoms with E-state index in [2.05, 4.69) is 11.4 Å². The summed E-state index contributed by atoms with van der Waals surface area (Å²) in [7, 11) is 1.61. The van der Waals surface area contributed by atoms with Gasteiger partial charge in [0, 0.05) is 5.56 Å². The van der Waals surface area contributed by atoms with Gasteiger partial charge in [0.05, 0.1) is 13.2 Å². The van der Waals surface area contributed by atoms with E-state index in [0.29, 0.717) is 18.1 Å². The third-order valence-corrected chi connectivity index (χ3v) is 4.55. The Labute approximate surface area is 149 Å². The van der Waals surface area contributed by atoms with Gasteiger partial charge in [-0.3, -0.25) is 4.79 Å². The maximum atomic E-state index is 12.5. The quantitative estimate of drug-likeness (QED) is 0.871. The monoisotopic (exact) mass is 339 g/mol. The largest absolute Gasteiger partial charge is 0.493 e. The number of fused-ring (bicyclic) bond motifs is 1. The van der Waals surface area contributed by atoms with Gasteiger partial charge in [-0.1, -0.05) is 18.2 Å². The Bertz CT molecular complexity index is 742. The summed E-state index contributed by atoms with van der Waals surface area (Å²) >= 11 is 0. The molecule has 0 radical (unpaired) electrons. The van der Waals surface area contributed by atoms with Crippen LogP contribution in [0.15, 0.2) is 42.5 Å². The lowest BCUT2D eigenvalue weighted by Crippen LogP contribution is -2.36. The Morgan fingerprint density at radius 2 is 1.80 bits per heavy atom. The molecular weight excluding hydrogens is 314 g/mol. The first-order valence-corrected chi connectivity index (χ1v) is 8.86. The molecule has 1 aliphatic carbocycles. The lowest BCUT2D eigenvalue weighted by atomic mass is 9.90. The van der Waals surface area contributed by atoms with Crippen LogP contribution in [-0.4, -0.2) is 25.7 Å². The van der Waals surface area contributed by atoms with Gasteiger partial charge in [-0.25, -0.2) is 0 Å². The van der Waals surface area contributed by atoms with E-state index in [9.17, 15) is 4.79 Å². The van der Waals surface area contributed by atoms with Crippen molar-refractivity contribution >= 4 is 5.91 Å². The number of ether oxygens (including phenoxy) is 2. The zero-order chi connectivity index (χ0) is 17.6. The molecule has 25 heavy (non-hydrogen) atoms. The third kappa shape index (κ3) is 4.32. The van der Waals surface area contributed by atoms with Crippen molar-refractivity contribution in [2.75, 3.05) is 13.7 Å². The molecule has 0 fully saturated rings. The summed E-state index contributed by atoms with van der Waals surface area (Å²) in [5, 5.41) is 3.01. The summed E-state index contributed by atoms with van der Waals surface area (Å²) in [6, 6.07) is 13.5. The van der Waals surface area contributed by atoms with Crippen molar-refractivity contribution in [2.24, 2.45) is 0 Å². The number of methoxy groups -OCH3 is 1. The Morgan fingerprint density at radius 1 is 1.08 bits per heavy atom. The first-order valence-electron chi connectivity index (χ1n) is 8.86. The summed E-state index contributed by atoms with van der Waals surface area (Å²) in [4.78, 5) is 12.5. The van der Waals surface area contributed by atoms with Gasteiger partial charge in [0.2, 0.25) is 0 Å². The van der Waals surface area contributed by atoms with Crippen LogP contribution in [0.2, 0.25) is 0 Å². The van der Waals surface area contributed by atoms with Crippen molar-refractivity contribution in [3.63, 3.8) is 0 Å². The topological polar surface area (TPSA) is 47.6 Å². The SMILES string of the molecule is COc1ccccc1OC[C@@H](C)NC(=O)c1ccc2c(c1)CCCC2. The summed E-state index contributed by atoms with van der Waals surface area (Å²) in [6.07, 6.45) is 4.65. The van der Waals surface area contributed by atoms with Gasteiger partial charge in [0.1, 0.15) is 6.61 Å². The summed E-state index contributed by atoms with van der Waals surface area (Å²) in [5.41, 5.74) is 3.43. The normalized spacial score (nSPS) is 14.3. The van der Waals surface area contributed by atoms with E-state index in [0.717, 1.165) is 18.4 Å². The summed E-state index contributed by atoms with van der Waals surface area (Å²) < 4.78 is 11.0. The van der Waals surface area contributed by atoms with Crippen LogP contribution in [0, 0.1) is 0 Å². The highest BCUT2D eigenvalue weighted by Gasteiger charge is 2.15. The molecule has 2 aromatic carbocycles. The highest BCUT2D eigenvalue weighted by atomic mass is 16.5. The maximum Gasteiger partial charge on any atom is 0.251 e. The second-order valence-corrected chi connectivity index (χ2v) is 6.53. The standard InChI is InChI=1S/C21H25NO3/c1-15(14-25-20-10-6-5-9-19(20)24-2)22-21(23)18-12-11-16-7-3-4-8-17(16)13-18/h5-6,9-13,15H,3-4,7-8,14H2,1-2H3,(H,22,23)/t15-/m1/s1. The highest BCUT2D eigenvalue weighted by Crippen LogP contribution is 2.26. The second-order valence-electron chi connectivity index (χ2n) is 6.53. The van der Waals surface area contributed by atoms with Crippen molar-refractivity contribution in [2.45, 2.75) is 38.6 Å². The molecule has 0 unspecified atom stereocenters. The number of hydrogen-bond acceptors (Lipinski definition) is 3. The van der Waals surface area contributed by atoms with E-state index < -0.39 is 0 Å². The van der Waals surface area contributed by atoms with Crippen molar-refractivity contribution in [1.29, 1.82) is 0 Å². The van der Waals surface area contributed by atoms with E-state index in [1.807, 2.05) is 43.3 Å². The summed E-state index contributed by atoms with van der Waals surface area (Å²) in [5.74, 6) is 1.32. The molecule has 0 saturated carbocycles. The average Bonchev–Trinajstić information content (AvgIpc) is 2.66. The molecule has 4 nitrogen and oxygen atoms in total. The molecular formula is C21H25NO3.